The summed E-state index contributed by atoms with van der Waals surface area (Å²) in [7, 11) is 0. The molecule has 3 amide bonds. The monoisotopic (exact) mass is 583 g/mol. The van der Waals surface area contributed by atoms with Gasteiger partial charge in [0, 0.05) is 12.1 Å². The van der Waals surface area contributed by atoms with Gasteiger partial charge in [-0.3, -0.25) is 23.9 Å². The van der Waals surface area contributed by atoms with Crippen LogP contribution in [0, 0.1) is 0 Å². The number of anilines is 1. The Balaban J connectivity index is 1.11. The van der Waals surface area contributed by atoms with Crippen LogP contribution >= 0.6 is 0 Å². The summed E-state index contributed by atoms with van der Waals surface area (Å²) in [6, 6.07) is 11.4. The van der Waals surface area contributed by atoms with Crippen LogP contribution < -0.4 is 32.1 Å². The van der Waals surface area contributed by atoms with E-state index in [1.165, 1.54) is 6.07 Å². The van der Waals surface area contributed by atoms with E-state index in [2.05, 4.69) is 45.8 Å². The van der Waals surface area contributed by atoms with Gasteiger partial charge in [0.2, 0.25) is 0 Å². The molecule has 16 nitrogen and oxygen atoms in total. The average molecular weight is 584 g/mol. The van der Waals surface area contributed by atoms with Crippen LogP contribution in [-0.4, -0.2) is 54.1 Å². The number of fused-ring (bicyclic) bond motifs is 3. The van der Waals surface area contributed by atoms with Crippen LogP contribution in [0.3, 0.4) is 0 Å². The number of benzene rings is 2. The first-order valence-corrected chi connectivity index (χ1v) is 13.1. The second-order valence-corrected chi connectivity index (χ2v) is 9.96. The molecule has 3 aromatic heterocycles. The third kappa shape index (κ3) is 4.79. The number of nitrogens with zero attached hydrogens (tertiary/aromatic N) is 4. The minimum atomic E-state index is -0.684. The van der Waals surface area contributed by atoms with Crippen molar-refractivity contribution in [2.75, 3.05) is 11.9 Å². The summed E-state index contributed by atoms with van der Waals surface area (Å²) >= 11 is 0. The Morgan fingerprint density at radius 2 is 1.95 bits per heavy atom. The number of nitrogens with one attached hydrogen (secondary N) is 5. The molecule has 1 aliphatic carbocycles. The van der Waals surface area contributed by atoms with Gasteiger partial charge in [-0.1, -0.05) is 23.4 Å². The fraction of sp³-hybridized carbons (Fsp3) is 0.185. The van der Waals surface area contributed by atoms with Crippen LogP contribution in [0.2, 0.25) is 0 Å². The highest BCUT2D eigenvalue weighted by Crippen LogP contribution is 2.34. The highest BCUT2D eigenvalue weighted by Gasteiger charge is 2.27. The molecule has 0 saturated carbocycles. The van der Waals surface area contributed by atoms with Crippen LogP contribution in [0.1, 0.15) is 50.1 Å². The summed E-state index contributed by atoms with van der Waals surface area (Å²) in [5, 5.41) is 18.2. The summed E-state index contributed by atoms with van der Waals surface area (Å²) in [6.45, 7) is 0.0251. The van der Waals surface area contributed by atoms with Gasteiger partial charge >= 0.3 is 11.4 Å². The third-order valence-electron chi connectivity index (χ3n) is 7.22. The van der Waals surface area contributed by atoms with Crippen molar-refractivity contribution >= 4 is 29.2 Å². The van der Waals surface area contributed by atoms with Crippen molar-refractivity contribution < 1.29 is 23.6 Å². The second kappa shape index (κ2) is 10.1. The molecule has 0 spiro atoms. The molecule has 2 aromatic carbocycles. The molecule has 5 N–H and O–H groups in total. The third-order valence-corrected chi connectivity index (χ3v) is 7.22. The van der Waals surface area contributed by atoms with Crippen LogP contribution in [-0.2, 0) is 17.8 Å². The van der Waals surface area contributed by atoms with Crippen molar-refractivity contribution in [3.8, 4) is 17.1 Å². The molecule has 216 valence electrons. The van der Waals surface area contributed by atoms with Crippen molar-refractivity contribution in [1.82, 2.24) is 40.4 Å². The van der Waals surface area contributed by atoms with Crippen molar-refractivity contribution in [1.29, 1.82) is 0 Å². The minimum absolute atomic E-state index is 0.0650. The number of carbonyl (C=O) groups excluding carboxylic acids is 3. The van der Waals surface area contributed by atoms with E-state index < -0.39 is 23.3 Å². The molecule has 1 atom stereocenters. The van der Waals surface area contributed by atoms with E-state index in [-0.39, 0.29) is 42.3 Å². The number of rotatable bonds is 6. The van der Waals surface area contributed by atoms with Crippen molar-refractivity contribution in [2.45, 2.75) is 25.4 Å². The average Bonchev–Trinajstić information content (AvgIpc) is 3.73. The number of hydrogen-bond acceptors (Lipinski definition) is 10. The predicted molar refractivity (Wildman–Crippen MR) is 146 cm³/mol. The van der Waals surface area contributed by atoms with E-state index in [1.54, 1.807) is 24.3 Å². The number of aromatic amines is 2. The zero-order valence-electron chi connectivity index (χ0n) is 22.1. The molecular weight excluding hydrogens is 562 g/mol. The molecule has 5 aromatic rings. The number of aryl methyl sites for hydroxylation is 1. The SMILES string of the molecule is O=C1COc2ccc(CNC(=O)c3cc(C(=O)N[C@H]4CCc5cc(-c6noc(=O)[nH]6)ccc54)n4c(=O)[nH]nc4n3)cc2N1. The summed E-state index contributed by atoms with van der Waals surface area (Å²) in [6.07, 6.45) is 1.24. The van der Waals surface area contributed by atoms with E-state index in [1.807, 2.05) is 12.1 Å². The van der Waals surface area contributed by atoms with Gasteiger partial charge in [-0.05, 0) is 53.8 Å². The van der Waals surface area contributed by atoms with Crippen molar-refractivity contribution in [3.05, 3.63) is 91.6 Å². The lowest BCUT2D eigenvalue weighted by atomic mass is 10.0. The molecule has 7 rings (SSSR count). The second-order valence-electron chi connectivity index (χ2n) is 9.96. The number of H-pyrrole nitrogens is 2. The van der Waals surface area contributed by atoms with Crippen LogP contribution in [0.15, 0.2) is 56.6 Å². The smallest absolute Gasteiger partial charge is 0.439 e. The molecule has 4 heterocycles. The highest BCUT2D eigenvalue weighted by molar-refractivity contribution is 5.98. The van der Waals surface area contributed by atoms with Gasteiger partial charge in [0.05, 0.1) is 11.7 Å². The lowest BCUT2D eigenvalue weighted by Gasteiger charge is -2.18. The quantitative estimate of drug-likeness (QED) is 0.186. The standard InChI is InChI=1S/C27H21N9O7/c37-21-11-42-20-6-1-12(7-17(20)29-21)10-28-23(38)18-9-19(36-25(31-18)33-34-26(36)40)24(39)30-16-5-3-13-8-14(2-4-15(13)16)22-32-27(41)43-35-22/h1-2,4,6-9,16H,3,5,10-11H2,(H,28,38)(H,29,37)(H,30,39)(H,34,40)(H,32,35,41)/t16-/m0/s1. The van der Waals surface area contributed by atoms with E-state index in [4.69, 9.17) is 4.74 Å². The van der Waals surface area contributed by atoms with Gasteiger partial charge in [-0.15, -0.1) is 5.10 Å². The molecular formula is C27H21N9O7. The molecule has 43 heavy (non-hydrogen) atoms. The van der Waals surface area contributed by atoms with Crippen molar-refractivity contribution in [2.24, 2.45) is 0 Å². The lowest BCUT2D eigenvalue weighted by Crippen LogP contribution is -2.32. The Bertz CT molecular complexity index is 2070. The summed E-state index contributed by atoms with van der Waals surface area (Å²) < 4.78 is 10.9. The van der Waals surface area contributed by atoms with Gasteiger partial charge in [-0.25, -0.2) is 24.1 Å². The first-order chi connectivity index (χ1) is 20.8. The highest BCUT2D eigenvalue weighted by atomic mass is 16.5. The molecule has 0 saturated heterocycles. The molecule has 0 fully saturated rings. The molecule has 2 aliphatic rings. The molecule has 1 aliphatic heterocycles. The normalized spacial score (nSPS) is 15.3. The maximum atomic E-state index is 13.5. The van der Waals surface area contributed by atoms with E-state index in [9.17, 15) is 24.0 Å². The number of hydrogen-bond donors (Lipinski definition) is 5. The minimum Gasteiger partial charge on any atom is -0.482 e. The fourth-order valence-corrected chi connectivity index (χ4v) is 5.21. The summed E-state index contributed by atoms with van der Waals surface area (Å²) in [5.74, 6) is -1.45. The summed E-state index contributed by atoms with van der Waals surface area (Å²) in [4.78, 5) is 68.7. The Morgan fingerprint density at radius 1 is 1.07 bits per heavy atom. The predicted octanol–water partition coefficient (Wildman–Crippen LogP) is 0.439. The van der Waals surface area contributed by atoms with Gasteiger partial charge in [0.1, 0.15) is 17.1 Å². The first-order valence-electron chi connectivity index (χ1n) is 13.1. The first kappa shape index (κ1) is 25.9. The number of aromatic nitrogens is 6. The number of carbonyl (C=O) groups is 3. The number of ether oxygens (including phenoxy) is 1. The molecule has 0 radical (unpaired) electrons. The van der Waals surface area contributed by atoms with Crippen LogP contribution in [0.5, 0.6) is 5.75 Å². The maximum Gasteiger partial charge on any atom is 0.439 e. The topological polar surface area (TPSA) is 218 Å². The van der Waals surface area contributed by atoms with Crippen LogP contribution in [0.25, 0.3) is 17.2 Å². The largest absolute Gasteiger partial charge is 0.482 e. The fourth-order valence-electron chi connectivity index (χ4n) is 5.21. The Labute approximate surface area is 239 Å². The Kier molecular flexibility index (Phi) is 6.07. The Morgan fingerprint density at radius 3 is 2.79 bits per heavy atom. The van der Waals surface area contributed by atoms with Gasteiger partial charge in [-0.2, -0.15) is 0 Å². The van der Waals surface area contributed by atoms with Crippen LogP contribution in [0.4, 0.5) is 5.69 Å². The van der Waals surface area contributed by atoms with E-state index >= 15 is 0 Å². The zero-order valence-corrected chi connectivity index (χ0v) is 22.1. The van der Waals surface area contributed by atoms with Gasteiger partial charge in [0.15, 0.2) is 12.4 Å². The Hall–Kier alpha value is -6.06. The number of amides is 3. The van der Waals surface area contributed by atoms with E-state index in [0.29, 0.717) is 41.2 Å². The van der Waals surface area contributed by atoms with Crippen molar-refractivity contribution in [3.63, 3.8) is 0 Å². The molecule has 0 bridgehead atoms. The molecule has 16 heteroatoms. The van der Waals surface area contributed by atoms with E-state index in [0.717, 1.165) is 15.5 Å². The zero-order chi connectivity index (χ0) is 29.7. The van der Waals surface area contributed by atoms with Gasteiger partial charge < -0.3 is 20.7 Å². The molecule has 0 unspecified atom stereocenters. The lowest BCUT2D eigenvalue weighted by molar-refractivity contribution is -0.118. The maximum absolute atomic E-state index is 13.5. The summed E-state index contributed by atoms with van der Waals surface area (Å²) in [5.41, 5.74) is 2.76. The van der Waals surface area contributed by atoms with Gasteiger partial charge in [0.25, 0.3) is 23.5 Å².